The van der Waals surface area contributed by atoms with Crippen LogP contribution in [0.25, 0.3) is 10.2 Å². The summed E-state index contributed by atoms with van der Waals surface area (Å²) >= 11 is 1.43. The average Bonchev–Trinajstić information content (AvgIpc) is 3.14. The molecular formula is C25H33N3O3S2. The van der Waals surface area contributed by atoms with Gasteiger partial charge in [0.2, 0.25) is 10.0 Å². The van der Waals surface area contributed by atoms with Crippen LogP contribution in [0.2, 0.25) is 0 Å². The SMILES string of the molecule is CC(C)CN(CC(C)C)S(=O)(=O)c1ccc(C(=O)Nc2nc3ccc(C(C)C)cc3s2)cc1. The minimum atomic E-state index is -3.63. The van der Waals surface area contributed by atoms with Crippen LogP contribution >= 0.6 is 11.3 Å². The molecule has 0 spiro atoms. The van der Waals surface area contributed by atoms with Crippen molar-refractivity contribution in [2.75, 3.05) is 18.4 Å². The van der Waals surface area contributed by atoms with Crippen LogP contribution in [0, 0.1) is 11.8 Å². The largest absolute Gasteiger partial charge is 0.298 e. The van der Waals surface area contributed by atoms with Crippen LogP contribution in [0.5, 0.6) is 0 Å². The number of carbonyl (C=O) groups excluding carboxylic acids is 1. The van der Waals surface area contributed by atoms with Crippen LogP contribution in [0.3, 0.4) is 0 Å². The van der Waals surface area contributed by atoms with E-state index in [0.717, 1.165) is 10.2 Å². The Hall–Kier alpha value is -2.29. The van der Waals surface area contributed by atoms with Crippen molar-refractivity contribution in [2.45, 2.75) is 52.4 Å². The molecule has 3 rings (SSSR count). The summed E-state index contributed by atoms with van der Waals surface area (Å²) in [5, 5.41) is 3.36. The van der Waals surface area contributed by atoms with Gasteiger partial charge in [0.1, 0.15) is 0 Å². The molecule has 0 saturated heterocycles. The van der Waals surface area contributed by atoms with E-state index in [2.05, 4.69) is 36.3 Å². The van der Waals surface area contributed by atoms with Crippen LogP contribution in [0.4, 0.5) is 5.13 Å². The Morgan fingerprint density at radius 3 is 2.12 bits per heavy atom. The zero-order valence-electron chi connectivity index (χ0n) is 20.1. The van der Waals surface area contributed by atoms with Crippen molar-refractivity contribution in [3.63, 3.8) is 0 Å². The van der Waals surface area contributed by atoms with Crippen LogP contribution < -0.4 is 5.32 Å². The van der Waals surface area contributed by atoms with Gasteiger partial charge in [-0.3, -0.25) is 10.1 Å². The molecule has 0 aliphatic rings. The Kier molecular flexibility index (Phi) is 7.92. The van der Waals surface area contributed by atoms with Crippen LogP contribution in [-0.4, -0.2) is 36.7 Å². The lowest BCUT2D eigenvalue weighted by molar-refractivity contribution is 0.102. The second kappa shape index (κ2) is 10.3. The van der Waals surface area contributed by atoms with E-state index in [1.807, 2.05) is 33.8 Å². The van der Waals surface area contributed by atoms with Crippen LogP contribution in [0.1, 0.15) is 63.4 Å². The number of amides is 1. The third kappa shape index (κ3) is 6.19. The van der Waals surface area contributed by atoms with E-state index < -0.39 is 10.0 Å². The van der Waals surface area contributed by atoms with Crippen molar-refractivity contribution in [3.05, 3.63) is 53.6 Å². The molecule has 1 N–H and O–H groups in total. The number of carbonyl (C=O) groups is 1. The molecule has 178 valence electrons. The summed E-state index contributed by atoms with van der Waals surface area (Å²) in [5.41, 5.74) is 2.46. The summed E-state index contributed by atoms with van der Waals surface area (Å²) in [6.07, 6.45) is 0. The van der Waals surface area contributed by atoms with Gasteiger partial charge < -0.3 is 0 Å². The summed E-state index contributed by atoms with van der Waals surface area (Å²) in [4.78, 5) is 17.4. The number of rotatable bonds is 9. The molecular weight excluding hydrogens is 454 g/mol. The molecule has 0 unspecified atom stereocenters. The molecule has 8 heteroatoms. The summed E-state index contributed by atoms with van der Waals surface area (Å²) < 4.78 is 28.9. The van der Waals surface area contributed by atoms with Crippen molar-refractivity contribution >= 4 is 42.6 Å². The highest BCUT2D eigenvalue weighted by atomic mass is 32.2. The minimum Gasteiger partial charge on any atom is -0.298 e. The fourth-order valence-corrected chi connectivity index (χ4v) is 6.21. The Morgan fingerprint density at radius 2 is 1.58 bits per heavy atom. The van der Waals surface area contributed by atoms with Gasteiger partial charge in [-0.2, -0.15) is 4.31 Å². The predicted octanol–water partition coefficient (Wildman–Crippen LogP) is 5.97. The zero-order valence-corrected chi connectivity index (χ0v) is 21.8. The van der Waals surface area contributed by atoms with E-state index in [1.54, 1.807) is 12.1 Å². The number of thiazole rings is 1. The van der Waals surface area contributed by atoms with E-state index in [9.17, 15) is 13.2 Å². The lowest BCUT2D eigenvalue weighted by Crippen LogP contribution is -2.37. The number of benzene rings is 2. The van der Waals surface area contributed by atoms with E-state index in [-0.39, 0.29) is 22.6 Å². The van der Waals surface area contributed by atoms with Gasteiger partial charge in [0.25, 0.3) is 5.91 Å². The maximum absolute atomic E-state index is 13.2. The van der Waals surface area contributed by atoms with E-state index in [1.165, 1.54) is 33.3 Å². The molecule has 0 bridgehead atoms. The molecule has 1 amide bonds. The Labute approximate surface area is 201 Å². The van der Waals surface area contributed by atoms with Gasteiger partial charge >= 0.3 is 0 Å². The highest BCUT2D eigenvalue weighted by molar-refractivity contribution is 7.89. The molecule has 1 heterocycles. The number of sulfonamides is 1. The topological polar surface area (TPSA) is 79.4 Å². The third-order valence-corrected chi connectivity index (χ3v) is 7.97. The number of fused-ring (bicyclic) bond motifs is 1. The van der Waals surface area contributed by atoms with Gasteiger partial charge in [0.15, 0.2) is 5.13 Å². The van der Waals surface area contributed by atoms with Gasteiger partial charge in [-0.15, -0.1) is 0 Å². The number of aromatic nitrogens is 1. The molecule has 0 atom stereocenters. The van der Waals surface area contributed by atoms with E-state index in [4.69, 9.17) is 0 Å². The molecule has 0 aliphatic heterocycles. The quantitative estimate of drug-likeness (QED) is 0.403. The number of hydrogen-bond acceptors (Lipinski definition) is 5. The first-order chi connectivity index (χ1) is 15.5. The Bertz CT molecular complexity index is 1200. The molecule has 3 aromatic rings. The maximum atomic E-state index is 13.2. The first kappa shape index (κ1) is 25.3. The van der Waals surface area contributed by atoms with E-state index in [0.29, 0.717) is 29.7 Å². The highest BCUT2D eigenvalue weighted by Gasteiger charge is 2.26. The number of nitrogens with one attached hydrogen (secondary N) is 1. The molecule has 0 fully saturated rings. The lowest BCUT2D eigenvalue weighted by atomic mass is 10.0. The normalized spacial score (nSPS) is 12.4. The summed E-state index contributed by atoms with van der Waals surface area (Å²) in [5.74, 6) is 0.535. The van der Waals surface area contributed by atoms with Gasteiger partial charge in [0.05, 0.1) is 15.1 Å². The summed E-state index contributed by atoms with van der Waals surface area (Å²) in [6, 6.07) is 12.2. The standard InChI is InChI=1S/C25H33N3O3S2/c1-16(2)14-28(15-17(3)4)33(30,31)21-10-7-19(8-11-21)24(29)27-25-26-22-12-9-20(18(5)6)13-23(22)32-25/h7-13,16-18H,14-15H2,1-6H3,(H,26,27,29). The fraction of sp³-hybridized carbons (Fsp3) is 0.440. The predicted molar refractivity (Wildman–Crippen MR) is 137 cm³/mol. The van der Waals surface area contributed by atoms with Crippen LogP contribution in [0.15, 0.2) is 47.4 Å². The summed E-state index contributed by atoms with van der Waals surface area (Å²) in [7, 11) is -3.63. The lowest BCUT2D eigenvalue weighted by Gasteiger charge is -2.25. The summed E-state index contributed by atoms with van der Waals surface area (Å²) in [6.45, 7) is 13.2. The maximum Gasteiger partial charge on any atom is 0.257 e. The third-order valence-electron chi connectivity index (χ3n) is 5.19. The average molecular weight is 488 g/mol. The zero-order chi connectivity index (χ0) is 24.3. The second-order valence-electron chi connectivity index (χ2n) is 9.49. The number of nitrogens with zero attached hydrogens (tertiary/aromatic N) is 2. The molecule has 2 aromatic carbocycles. The first-order valence-corrected chi connectivity index (χ1v) is 13.5. The van der Waals surface area contributed by atoms with Crippen molar-refractivity contribution in [3.8, 4) is 0 Å². The van der Waals surface area contributed by atoms with Crippen molar-refractivity contribution in [2.24, 2.45) is 11.8 Å². The van der Waals surface area contributed by atoms with E-state index >= 15 is 0 Å². The van der Waals surface area contributed by atoms with Crippen LogP contribution in [-0.2, 0) is 10.0 Å². The van der Waals surface area contributed by atoms with Gasteiger partial charge in [-0.1, -0.05) is 58.9 Å². The van der Waals surface area contributed by atoms with Crippen molar-refractivity contribution < 1.29 is 13.2 Å². The first-order valence-electron chi connectivity index (χ1n) is 11.3. The molecule has 0 aliphatic carbocycles. The number of hydrogen-bond donors (Lipinski definition) is 1. The van der Waals surface area contributed by atoms with Gasteiger partial charge in [-0.05, 0) is 59.7 Å². The fourth-order valence-electron chi connectivity index (χ4n) is 3.54. The van der Waals surface area contributed by atoms with Gasteiger partial charge in [0, 0.05) is 18.7 Å². The smallest absolute Gasteiger partial charge is 0.257 e. The second-order valence-corrected chi connectivity index (χ2v) is 12.5. The number of anilines is 1. The molecule has 0 radical (unpaired) electrons. The molecule has 1 aromatic heterocycles. The molecule has 33 heavy (non-hydrogen) atoms. The van der Waals surface area contributed by atoms with Crippen molar-refractivity contribution in [1.29, 1.82) is 0 Å². The molecule has 6 nitrogen and oxygen atoms in total. The highest BCUT2D eigenvalue weighted by Crippen LogP contribution is 2.29. The monoisotopic (exact) mass is 487 g/mol. The van der Waals surface area contributed by atoms with Crippen molar-refractivity contribution in [1.82, 2.24) is 9.29 Å². The Balaban J connectivity index is 1.77. The van der Waals surface area contributed by atoms with Gasteiger partial charge in [-0.25, -0.2) is 13.4 Å². The Morgan fingerprint density at radius 1 is 0.970 bits per heavy atom. The minimum absolute atomic E-state index is 0.196. The molecule has 0 saturated carbocycles.